The van der Waals surface area contributed by atoms with Gasteiger partial charge in [0.1, 0.15) is 11.6 Å². The maximum atomic E-state index is 10.8. The second-order valence-electron chi connectivity index (χ2n) is 8.72. The van der Waals surface area contributed by atoms with Crippen LogP contribution in [-0.4, -0.2) is 25.7 Å². The first-order chi connectivity index (χ1) is 17.5. The Morgan fingerprint density at radius 1 is 0.778 bits per heavy atom. The summed E-state index contributed by atoms with van der Waals surface area (Å²) in [6, 6.07) is 24.6. The van der Waals surface area contributed by atoms with Crippen molar-refractivity contribution in [1.82, 2.24) is 9.55 Å². The summed E-state index contributed by atoms with van der Waals surface area (Å²) in [7, 11) is 0. The highest BCUT2D eigenvalue weighted by Gasteiger charge is 2.22. The monoisotopic (exact) mass is 706 g/mol. The molecule has 0 radical (unpaired) electrons. The Balaban J connectivity index is 1.76. The van der Waals surface area contributed by atoms with Crippen LogP contribution in [0.5, 0.6) is 5.75 Å². The molecule has 186 valence electrons. The molecule has 0 bridgehead atoms. The van der Waals surface area contributed by atoms with Crippen LogP contribution in [0.15, 0.2) is 72.8 Å². The van der Waals surface area contributed by atoms with E-state index in [-0.39, 0.29) is 6.42 Å². The van der Waals surface area contributed by atoms with Gasteiger partial charge >= 0.3 is 5.97 Å². The summed E-state index contributed by atoms with van der Waals surface area (Å²) in [5.74, 6) is 0.456. The van der Waals surface area contributed by atoms with E-state index < -0.39 is 5.97 Å². The highest BCUT2D eigenvalue weighted by Crippen LogP contribution is 2.38. The summed E-state index contributed by atoms with van der Waals surface area (Å²) in [5.41, 5.74) is 5.17. The van der Waals surface area contributed by atoms with Crippen LogP contribution in [0.2, 0.25) is 0 Å². The molecule has 4 aromatic rings. The van der Waals surface area contributed by atoms with Crippen LogP contribution in [0, 0.1) is 7.14 Å². The summed E-state index contributed by atoms with van der Waals surface area (Å²) in [5, 5.41) is 19.2. The number of phenolic OH excluding ortho intramolecular Hbond substituents is 1. The van der Waals surface area contributed by atoms with Gasteiger partial charge in [0.25, 0.3) is 0 Å². The molecule has 0 aliphatic rings. The van der Waals surface area contributed by atoms with Crippen molar-refractivity contribution >= 4 is 51.2 Å². The number of phenols is 1. The Kier molecular flexibility index (Phi) is 9.41. The molecule has 0 atom stereocenters. The molecule has 1 heterocycles. The minimum atomic E-state index is -0.725. The quantitative estimate of drug-likeness (QED) is 0.122. The number of hydrogen-bond donors (Lipinski definition) is 2. The summed E-state index contributed by atoms with van der Waals surface area (Å²) in [6.45, 7) is 0.798. The lowest BCUT2D eigenvalue weighted by atomic mass is 10.0. The van der Waals surface area contributed by atoms with Crippen LogP contribution >= 0.6 is 45.2 Å². The maximum absolute atomic E-state index is 10.8. The smallest absolute Gasteiger partial charge is 0.303 e. The predicted octanol–water partition coefficient (Wildman–Crippen LogP) is 8.22. The van der Waals surface area contributed by atoms with Gasteiger partial charge in [-0.05, 0) is 70.2 Å². The maximum Gasteiger partial charge on any atom is 0.303 e. The predicted molar refractivity (Wildman–Crippen MR) is 161 cm³/mol. The van der Waals surface area contributed by atoms with E-state index in [1.54, 1.807) is 0 Å². The molecule has 0 unspecified atom stereocenters. The fraction of sp³-hybridized carbons (Fsp3) is 0.241. The number of imidazole rings is 1. The van der Waals surface area contributed by atoms with Gasteiger partial charge in [0.2, 0.25) is 0 Å². The molecular formula is C29H28I2N2O3. The average Bonchev–Trinajstić information content (AvgIpc) is 3.26. The normalized spacial score (nSPS) is 11.1. The second kappa shape index (κ2) is 12.7. The Morgan fingerprint density at radius 2 is 1.33 bits per heavy atom. The number of halogens is 2. The van der Waals surface area contributed by atoms with Crippen molar-refractivity contribution in [2.24, 2.45) is 0 Å². The van der Waals surface area contributed by atoms with Crippen molar-refractivity contribution in [1.29, 1.82) is 0 Å². The third-order valence-corrected chi connectivity index (χ3v) is 7.75. The zero-order valence-corrected chi connectivity index (χ0v) is 24.1. The Bertz CT molecular complexity index is 1300. The zero-order chi connectivity index (χ0) is 25.5. The van der Waals surface area contributed by atoms with E-state index >= 15 is 0 Å². The molecular weight excluding hydrogens is 678 g/mol. The molecule has 0 saturated heterocycles. The number of aromatic hydroxyl groups is 1. The van der Waals surface area contributed by atoms with E-state index in [0.29, 0.717) is 5.75 Å². The number of aliphatic carboxylic acids is 1. The molecule has 1 aromatic heterocycles. The van der Waals surface area contributed by atoms with E-state index in [0.717, 1.165) is 79.7 Å². The third kappa shape index (κ3) is 6.47. The Morgan fingerprint density at radius 3 is 1.94 bits per heavy atom. The number of carboxylic acid groups (broad SMARTS) is 1. The molecule has 0 spiro atoms. The zero-order valence-electron chi connectivity index (χ0n) is 19.8. The first-order valence-electron chi connectivity index (χ1n) is 12.1. The Hall–Kier alpha value is -2.40. The number of nitrogens with zero attached hydrogens (tertiary/aromatic N) is 2. The molecule has 0 aliphatic heterocycles. The van der Waals surface area contributed by atoms with Gasteiger partial charge in [0, 0.05) is 29.7 Å². The van der Waals surface area contributed by atoms with Crippen LogP contribution in [0.3, 0.4) is 0 Å². The van der Waals surface area contributed by atoms with Crippen LogP contribution in [0.4, 0.5) is 0 Å². The minimum Gasteiger partial charge on any atom is -0.506 e. The minimum absolute atomic E-state index is 0.238. The molecule has 4 rings (SSSR count). The standard InChI is InChI=1S/C29H28I2N2O3/c30-23-18-22(19-24(31)28(23)36)29-32-26(20-12-6-4-7-13-20)27(21-14-8-5-9-15-21)33(29)17-11-3-1-2-10-16-25(34)35/h4-9,12-15,18-19,36H,1-3,10-11,16-17H2,(H,34,35). The number of unbranched alkanes of at least 4 members (excludes halogenated alkanes) is 4. The van der Waals surface area contributed by atoms with E-state index in [1.807, 2.05) is 36.4 Å². The van der Waals surface area contributed by atoms with Crippen molar-refractivity contribution < 1.29 is 15.0 Å². The molecule has 2 N–H and O–H groups in total. The lowest BCUT2D eigenvalue weighted by Crippen LogP contribution is -2.04. The summed E-state index contributed by atoms with van der Waals surface area (Å²) < 4.78 is 3.91. The molecule has 0 fully saturated rings. The van der Waals surface area contributed by atoms with Crippen molar-refractivity contribution in [3.63, 3.8) is 0 Å². The average molecular weight is 706 g/mol. The second-order valence-corrected chi connectivity index (χ2v) is 11.0. The number of rotatable bonds is 11. The van der Waals surface area contributed by atoms with E-state index in [2.05, 4.69) is 86.1 Å². The largest absolute Gasteiger partial charge is 0.506 e. The number of carbonyl (C=O) groups is 1. The molecule has 5 nitrogen and oxygen atoms in total. The summed E-state index contributed by atoms with van der Waals surface area (Å²) >= 11 is 4.34. The molecule has 0 saturated carbocycles. The SMILES string of the molecule is O=C(O)CCCCCCCn1c(-c2cc(I)c(O)c(I)c2)nc(-c2ccccc2)c1-c1ccccc1. The fourth-order valence-corrected chi connectivity index (χ4v) is 6.12. The number of carboxylic acids is 1. The van der Waals surface area contributed by atoms with Crippen molar-refractivity contribution in [2.75, 3.05) is 0 Å². The van der Waals surface area contributed by atoms with Gasteiger partial charge in [0.15, 0.2) is 0 Å². The van der Waals surface area contributed by atoms with E-state index in [9.17, 15) is 9.90 Å². The van der Waals surface area contributed by atoms with Crippen molar-refractivity contribution in [3.05, 3.63) is 79.9 Å². The summed E-state index contributed by atoms with van der Waals surface area (Å²) in [6.07, 6.45) is 4.90. The van der Waals surface area contributed by atoms with Gasteiger partial charge in [-0.1, -0.05) is 79.9 Å². The van der Waals surface area contributed by atoms with Crippen LogP contribution in [0.1, 0.15) is 38.5 Å². The number of aromatic nitrogens is 2. The molecule has 0 amide bonds. The van der Waals surface area contributed by atoms with Crippen molar-refractivity contribution in [3.8, 4) is 39.7 Å². The third-order valence-electron chi connectivity index (χ3n) is 6.11. The highest BCUT2D eigenvalue weighted by molar-refractivity contribution is 14.1. The van der Waals surface area contributed by atoms with E-state index in [1.165, 1.54) is 0 Å². The van der Waals surface area contributed by atoms with E-state index in [4.69, 9.17) is 10.1 Å². The lowest BCUT2D eigenvalue weighted by molar-refractivity contribution is -0.137. The van der Waals surface area contributed by atoms with Gasteiger partial charge in [-0.15, -0.1) is 0 Å². The van der Waals surface area contributed by atoms with Crippen LogP contribution < -0.4 is 0 Å². The summed E-state index contributed by atoms with van der Waals surface area (Å²) in [4.78, 5) is 16.0. The van der Waals surface area contributed by atoms with Crippen LogP contribution in [-0.2, 0) is 11.3 Å². The highest BCUT2D eigenvalue weighted by atomic mass is 127. The Labute approximate surface area is 238 Å². The van der Waals surface area contributed by atoms with Crippen LogP contribution in [0.25, 0.3) is 33.9 Å². The fourth-order valence-electron chi connectivity index (χ4n) is 4.35. The lowest BCUT2D eigenvalue weighted by Gasteiger charge is -2.14. The first kappa shape index (κ1) is 26.7. The molecule has 36 heavy (non-hydrogen) atoms. The number of hydrogen-bond acceptors (Lipinski definition) is 3. The van der Waals surface area contributed by atoms with Gasteiger partial charge < -0.3 is 14.8 Å². The van der Waals surface area contributed by atoms with Gasteiger partial charge in [0.05, 0.1) is 18.5 Å². The van der Waals surface area contributed by atoms with Gasteiger partial charge in [-0.25, -0.2) is 4.98 Å². The van der Waals surface area contributed by atoms with Gasteiger partial charge in [-0.3, -0.25) is 4.79 Å². The molecule has 0 aliphatic carbocycles. The van der Waals surface area contributed by atoms with Gasteiger partial charge in [-0.2, -0.15) is 0 Å². The molecule has 7 heteroatoms. The number of benzene rings is 3. The van der Waals surface area contributed by atoms with Crippen molar-refractivity contribution in [2.45, 2.75) is 45.1 Å². The topological polar surface area (TPSA) is 75.3 Å². The molecule has 3 aromatic carbocycles. The first-order valence-corrected chi connectivity index (χ1v) is 14.2.